The van der Waals surface area contributed by atoms with Gasteiger partial charge in [0.2, 0.25) is 0 Å². The van der Waals surface area contributed by atoms with Gasteiger partial charge in [0.25, 0.3) is 11.8 Å². The largest absolute Gasteiger partial charge is 0.490 e. The Morgan fingerprint density at radius 1 is 0.935 bits per heavy atom. The standard InChI is InChI=1S/C35H32IN5O4S/c1-4-44-31-18-24(17-29(36)33(31)45-20-32(42)38-28-15-10-22(2)23(3)16-28)19-37-41-34(43)26-13-11-25(12-14-26)30-21-46-35(40-30)39-27-8-6-5-7-9-27/h5-19,21H,4,20H2,1-3H3,(H,38,42)(H,39,40)(H,41,43)/b37-19+. The molecule has 3 N–H and O–H groups in total. The van der Waals surface area contributed by atoms with Crippen LogP contribution in [-0.4, -0.2) is 36.2 Å². The summed E-state index contributed by atoms with van der Waals surface area (Å²) in [6.07, 6.45) is 1.53. The molecular weight excluding hydrogens is 713 g/mol. The minimum absolute atomic E-state index is 0.181. The van der Waals surface area contributed by atoms with Crippen LogP contribution < -0.4 is 25.5 Å². The fourth-order valence-corrected chi connectivity index (χ4v) is 5.87. The maximum atomic E-state index is 12.8. The molecule has 46 heavy (non-hydrogen) atoms. The van der Waals surface area contributed by atoms with E-state index >= 15 is 0 Å². The van der Waals surface area contributed by atoms with Gasteiger partial charge in [-0.2, -0.15) is 5.10 Å². The smallest absolute Gasteiger partial charge is 0.271 e. The van der Waals surface area contributed by atoms with Gasteiger partial charge in [0.1, 0.15) is 0 Å². The van der Waals surface area contributed by atoms with E-state index < -0.39 is 0 Å². The first-order chi connectivity index (χ1) is 22.3. The molecule has 0 fully saturated rings. The van der Waals surface area contributed by atoms with Crippen LogP contribution in [0.1, 0.15) is 34.0 Å². The van der Waals surface area contributed by atoms with E-state index in [0.717, 1.165) is 36.8 Å². The normalized spacial score (nSPS) is 10.9. The van der Waals surface area contributed by atoms with Gasteiger partial charge in [-0.25, -0.2) is 10.4 Å². The Bertz CT molecular complexity index is 1860. The molecule has 4 aromatic carbocycles. The number of ether oxygens (including phenoxy) is 2. The molecule has 1 heterocycles. The molecule has 0 saturated heterocycles. The number of aromatic nitrogens is 1. The van der Waals surface area contributed by atoms with Gasteiger partial charge < -0.3 is 20.1 Å². The molecule has 0 radical (unpaired) electrons. The summed E-state index contributed by atoms with van der Waals surface area (Å²) >= 11 is 3.64. The van der Waals surface area contributed by atoms with Crippen LogP contribution in [0.2, 0.25) is 0 Å². The molecule has 0 aliphatic rings. The van der Waals surface area contributed by atoms with Gasteiger partial charge in [-0.15, -0.1) is 11.3 Å². The number of benzene rings is 4. The summed E-state index contributed by atoms with van der Waals surface area (Å²) in [5.41, 5.74) is 9.39. The number of hydrazone groups is 1. The number of nitrogens with zero attached hydrogens (tertiary/aromatic N) is 2. The number of aryl methyl sites for hydroxylation is 2. The third kappa shape index (κ3) is 8.70. The molecule has 234 valence electrons. The van der Waals surface area contributed by atoms with Crippen molar-refractivity contribution in [1.29, 1.82) is 0 Å². The van der Waals surface area contributed by atoms with Crippen molar-refractivity contribution in [2.45, 2.75) is 20.8 Å². The molecule has 0 aliphatic carbocycles. The Morgan fingerprint density at radius 3 is 2.46 bits per heavy atom. The Labute approximate surface area is 285 Å². The van der Waals surface area contributed by atoms with E-state index in [-0.39, 0.29) is 18.4 Å². The van der Waals surface area contributed by atoms with Crippen molar-refractivity contribution >= 4 is 68.5 Å². The monoisotopic (exact) mass is 745 g/mol. The van der Waals surface area contributed by atoms with Gasteiger partial charge in [0.05, 0.1) is 22.1 Å². The van der Waals surface area contributed by atoms with Gasteiger partial charge in [-0.05, 0) is 109 Å². The highest BCUT2D eigenvalue weighted by molar-refractivity contribution is 14.1. The van der Waals surface area contributed by atoms with Gasteiger partial charge >= 0.3 is 0 Å². The van der Waals surface area contributed by atoms with Crippen LogP contribution in [0, 0.1) is 17.4 Å². The number of halogens is 1. The Kier molecular flexibility index (Phi) is 11.0. The highest BCUT2D eigenvalue weighted by Crippen LogP contribution is 2.34. The second-order valence-electron chi connectivity index (χ2n) is 10.2. The number of rotatable bonds is 12. The highest BCUT2D eigenvalue weighted by atomic mass is 127. The predicted molar refractivity (Wildman–Crippen MR) is 193 cm³/mol. The zero-order chi connectivity index (χ0) is 32.5. The van der Waals surface area contributed by atoms with Crippen molar-refractivity contribution < 1.29 is 19.1 Å². The minimum atomic E-state index is -0.345. The van der Waals surface area contributed by atoms with Crippen molar-refractivity contribution in [3.63, 3.8) is 0 Å². The van der Waals surface area contributed by atoms with E-state index in [2.05, 4.69) is 48.7 Å². The molecule has 5 aromatic rings. The molecule has 0 spiro atoms. The SMILES string of the molecule is CCOc1cc(/C=N/NC(=O)c2ccc(-c3csc(Nc4ccccc4)n3)cc2)cc(I)c1OCC(=O)Nc1ccc(C)c(C)c1. The van der Waals surface area contributed by atoms with Crippen LogP contribution in [0.15, 0.2) is 95.4 Å². The zero-order valence-electron chi connectivity index (χ0n) is 25.5. The van der Waals surface area contributed by atoms with E-state index in [1.807, 2.05) is 92.9 Å². The number of thiazole rings is 1. The number of hydrogen-bond donors (Lipinski definition) is 3. The van der Waals surface area contributed by atoms with Crippen LogP contribution in [0.3, 0.4) is 0 Å². The quantitative estimate of drug-likeness (QED) is 0.0679. The average Bonchev–Trinajstić information content (AvgIpc) is 3.51. The molecule has 0 bridgehead atoms. The minimum Gasteiger partial charge on any atom is -0.490 e. The summed E-state index contributed by atoms with van der Waals surface area (Å²) in [5, 5.41) is 13.1. The topological polar surface area (TPSA) is 114 Å². The predicted octanol–water partition coefficient (Wildman–Crippen LogP) is 7.96. The van der Waals surface area contributed by atoms with Crippen molar-refractivity contribution in [1.82, 2.24) is 10.4 Å². The van der Waals surface area contributed by atoms with Crippen LogP contribution in [0.4, 0.5) is 16.5 Å². The Morgan fingerprint density at radius 2 is 1.72 bits per heavy atom. The van der Waals surface area contributed by atoms with Gasteiger partial charge in [-0.3, -0.25) is 9.59 Å². The van der Waals surface area contributed by atoms with Gasteiger partial charge in [0.15, 0.2) is 23.2 Å². The van der Waals surface area contributed by atoms with Crippen LogP contribution in [0.5, 0.6) is 11.5 Å². The van der Waals surface area contributed by atoms with Crippen molar-refractivity contribution in [2.75, 3.05) is 23.8 Å². The molecule has 1 aromatic heterocycles. The average molecular weight is 746 g/mol. The summed E-state index contributed by atoms with van der Waals surface area (Å²) in [6.45, 7) is 6.10. The number of anilines is 3. The van der Waals surface area contributed by atoms with E-state index in [9.17, 15) is 9.59 Å². The molecule has 2 amide bonds. The number of para-hydroxylation sites is 1. The molecule has 9 nitrogen and oxygen atoms in total. The molecule has 0 unspecified atom stereocenters. The van der Waals surface area contributed by atoms with Crippen molar-refractivity contribution in [2.24, 2.45) is 5.10 Å². The van der Waals surface area contributed by atoms with Crippen molar-refractivity contribution in [3.05, 3.63) is 116 Å². The first-order valence-electron chi connectivity index (χ1n) is 14.5. The molecule has 0 aliphatic heterocycles. The number of carbonyl (C=O) groups is 2. The number of amides is 2. The summed E-state index contributed by atoms with van der Waals surface area (Å²) < 4.78 is 12.4. The molecule has 11 heteroatoms. The van der Waals surface area contributed by atoms with Gasteiger partial charge in [0, 0.05) is 27.9 Å². The maximum absolute atomic E-state index is 12.8. The van der Waals surface area contributed by atoms with Crippen molar-refractivity contribution in [3.8, 4) is 22.8 Å². The van der Waals surface area contributed by atoms with Crippen LogP contribution in [0.25, 0.3) is 11.3 Å². The molecule has 0 atom stereocenters. The molecular formula is C35H32IN5O4S. The lowest BCUT2D eigenvalue weighted by Gasteiger charge is -2.15. The number of hydrogen-bond acceptors (Lipinski definition) is 8. The van der Waals surface area contributed by atoms with E-state index in [0.29, 0.717) is 34.9 Å². The lowest BCUT2D eigenvalue weighted by atomic mass is 10.1. The van der Waals surface area contributed by atoms with E-state index in [4.69, 9.17) is 9.47 Å². The van der Waals surface area contributed by atoms with Crippen LogP contribution in [-0.2, 0) is 4.79 Å². The first kappa shape index (κ1) is 32.6. The van der Waals surface area contributed by atoms with Gasteiger partial charge in [-0.1, -0.05) is 36.4 Å². The third-order valence-corrected chi connectivity index (χ3v) is 8.38. The first-order valence-corrected chi connectivity index (χ1v) is 16.4. The Balaban J connectivity index is 1.17. The summed E-state index contributed by atoms with van der Waals surface area (Å²) in [4.78, 5) is 30.0. The fourth-order valence-electron chi connectivity index (χ4n) is 4.35. The lowest BCUT2D eigenvalue weighted by molar-refractivity contribution is -0.118. The summed E-state index contributed by atoms with van der Waals surface area (Å²) in [7, 11) is 0. The number of nitrogens with one attached hydrogen (secondary N) is 3. The van der Waals surface area contributed by atoms with E-state index in [1.165, 1.54) is 17.6 Å². The maximum Gasteiger partial charge on any atom is 0.271 e. The summed E-state index contributed by atoms with van der Waals surface area (Å²) in [6, 6.07) is 26.4. The third-order valence-electron chi connectivity index (χ3n) is 6.82. The summed E-state index contributed by atoms with van der Waals surface area (Å²) in [5.74, 6) is 0.309. The zero-order valence-corrected chi connectivity index (χ0v) is 28.4. The molecule has 0 saturated carbocycles. The second-order valence-corrected chi connectivity index (χ2v) is 12.2. The molecule has 5 rings (SSSR count). The highest BCUT2D eigenvalue weighted by Gasteiger charge is 2.15. The number of carbonyl (C=O) groups excluding carboxylic acids is 2. The second kappa shape index (κ2) is 15.5. The van der Waals surface area contributed by atoms with E-state index in [1.54, 1.807) is 18.2 Å². The van der Waals surface area contributed by atoms with Crippen LogP contribution >= 0.6 is 33.9 Å². The lowest BCUT2D eigenvalue weighted by Crippen LogP contribution is -2.21. The fraction of sp³-hybridized carbons (Fsp3) is 0.143. The Hall–Kier alpha value is -4.75.